The number of aromatic nitrogens is 1. The molecule has 3 N–H and O–H groups in total. The number of rotatable bonds is 3. The molecule has 88 valence electrons. The number of pyridine rings is 1. The van der Waals surface area contributed by atoms with Gasteiger partial charge in [0.1, 0.15) is 11.6 Å². The summed E-state index contributed by atoms with van der Waals surface area (Å²) in [6, 6.07) is 9.67. The molecule has 0 fully saturated rings. The van der Waals surface area contributed by atoms with E-state index in [1.807, 2.05) is 0 Å². The standard InChI is InChI=1S/C13H13FN2O/c14-11-6-2-1-5-10(11)12(17)8-9-4-3-7-16-13(9)15/h1-7,12,17H,8H2,(H2,15,16). The molecule has 0 saturated heterocycles. The fraction of sp³-hybridized carbons (Fsp3) is 0.154. The first-order chi connectivity index (χ1) is 8.18. The fourth-order valence-electron chi connectivity index (χ4n) is 1.69. The van der Waals surface area contributed by atoms with Crippen LogP contribution in [0.3, 0.4) is 0 Å². The Morgan fingerprint density at radius 3 is 2.71 bits per heavy atom. The van der Waals surface area contributed by atoms with Crippen LogP contribution in [0, 0.1) is 5.82 Å². The number of halogens is 1. The van der Waals surface area contributed by atoms with Crippen LogP contribution in [0.4, 0.5) is 10.2 Å². The van der Waals surface area contributed by atoms with E-state index in [1.54, 1.807) is 36.5 Å². The van der Waals surface area contributed by atoms with Crippen LogP contribution in [0.25, 0.3) is 0 Å². The van der Waals surface area contributed by atoms with E-state index in [2.05, 4.69) is 4.98 Å². The monoisotopic (exact) mass is 232 g/mol. The maximum absolute atomic E-state index is 13.4. The van der Waals surface area contributed by atoms with Gasteiger partial charge < -0.3 is 10.8 Å². The van der Waals surface area contributed by atoms with Gasteiger partial charge in [-0.25, -0.2) is 9.37 Å². The summed E-state index contributed by atoms with van der Waals surface area (Å²) in [5.41, 5.74) is 6.65. The number of hydrogen-bond acceptors (Lipinski definition) is 3. The van der Waals surface area contributed by atoms with E-state index >= 15 is 0 Å². The third-order valence-corrected chi connectivity index (χ3v) is 2.60. The summed E-state index contributed by atoms with van der Waals surface area (Å²) in [6.45, 7) is 0. The average Bonchev–Trinajstić information content (AvgIpc) is 2.32. The number of aliphatic hydroxyl groups excluding tert-OH is 1. The minimum Gasteiger partial charge on any atom is -0.388 e. The van der Waals surface area contributed by atoms with Crippen molar-refractivity contribution < 1.29 is 9.50 Å². The van der Waals surface area contributed by atoms with Gasteiger partial charge in [-0.2, -0.15) is 0 Å². The van der Waals surface area contributed by atoms with E-state index in [0.29, 0.717) is 11.4 Å². The molecule has 2 aromatic rings. The molecule has 0 amide bonds. The fourth-order valence-corrected chi connectivity index (χ4v) is 1.69. The second-order valence-corrected chi connectivity index (χ2v) is 3.79. The van der Waals surface area contributed by atoms with Crippen LogP contribution < -0.4 is 5.73 Å². The van der Waals surface area contributed by atoms with Crippen LogP contribution in [-0.2, 0) is 6.42 Å². The van der Waals surface area contributed by atoms with Gasteiger partial charge in [0, 0.05) is 18.2 Å². The summed E-state index contributed by atoms with van der Waals surface area (Å²) in [6.07, 6.45) is 0.914. The van der Waals surface area contributed by atoms with E-state index in [0.717, 1.165) is 0 Å². The van der Waals surface area contributed by atoms with Crippen molar-refractivity contribution in [1.29, 1.82) is 0 Å². The van der Waals surface area contributed by atoms with Gasteiger partial charge in [0.2, 0.25) is 0 Å². The Bertz CT molecular complexity index is 516. The lowest BCUT2D eigenvalue weighted by molar-refractivity contribution is 0.173. The Labute approximate surface area is 98.7 Å². The summed E-state index contributed by atoms with van der Waals surface area (Å²) >= 11 is 0. The third-order valence-electron chi connectivity index (χ3n) is 2.60. The van der Waals surface area contributed by atoms with Crippen LogP contribution in [-0.4, -0.2) is 10.1 Å². The zero-order valence-corrected chi connectivity index (χ0v) is 9.18. The van der Waals surface area contributed by atoms with Crippen molar-refractivity contribution >= 4 is 5.82 Å². The molecular weight excluding hydrogens is 219 g/mol. The second kappa shape index (κ2) is 4.93. The Kier molecular flexibility index (Phi) is 3.35. The van der Waals surface area contributed by atoms with Crippen LogP contribution >= 0.6 is 0 Å². The quantitative estimate of drug-likeness (QED) is 0.851. The number of anilines is 1. The Morgan fingerprint density at radius 2 is 2.00 bits per heavy atom. The van der Waals surface area contributed by atoms with E-state index < -0.39 is 11.9 Å². The molecule has 3 nitrogen and oxygen atoms in total. The zero-order valence-electron chi connectivity index (χ0n) is 9.18. The summed E-state index contributed by atoms with van der Waals surface area (Å²) in [7, 11) is 0. The van der Waals surface area contributed by atoms with Gasteiger partial charge in [-0.15, -0.1) is 0 Å². The number of aliphatic hydroxyl groups is 1. The van der Waals surface area contributed by atoms with Crippen LogP contribution in [0.5, 0.6) is 0 Å². The summed E-state index contributed by atoms with van der Waals surface area (Å²) < 4.78 is 13.4. The SMILES string of the molecule is Nc1ncccc1CC(O)c1ccccc1F. The summed E-state index contributed by atoms with van der Waals surface area (Å²) in [4.78, 5) is 3.92. The smallest absolute Gasteiger partial charge is 0.129 e. The van der Waals surface area contributed by atoms with E-state index in [1.165, 1.54) is 6.07 Å². The molecule has 1 aromatic carbocycles. The van der Waals surface area contributed by atoms with E-state index in [-0.39, 0.29) is 12.0 Å². The highest BCUT2D eigenvalue weighted by Gasteiger charge is 2.14. The molecule has 4 heteroatoms. The molecule has 1 atom stereocenters. The van der Waals surface area contributed by atoms with Crippen LogP contribution in [0.15, 0.2) is 42.6 Å². The number of benzene rings is 1. The molecular formula is C13H13FN2O. The summed E-state index contributed by atoms with van der Waals surface area (Å²) in [5, 5.41) is 9.96. The Balaban J connectivity index is 2.20. The van der Waals surface area contributed by atoms with Crippen molar-refractivity contribution in [2.75, 3.05) is 5.73 Å². The van der Waals surface area contributed by atoms with Gasteiger partial charge in [-0.1, -0.05) is 24.3 Å². The zero-order chi connectivity index (χ0) is 12.3. The molecule has 0 aliphatic rings. The number of hydrogen-bond donors (Lipinski definition) is 2. The van der Waals surface area contributed by atoms with Gasteiger partial charge in [-0.3, -0.25) is 0 Å². The lowest BCUT2D eigenvalue weighted by Crippen LogP contribution is -2.06. The van der Waals surface area contributed by atoms with E-state index in [9.17, 15) is 9.50 Å². The molecule has 2 rings (SSSR count). The number of nitrogens with zero attached hydrogens (tertiary/aromatic N) is 1. The van der Waals surface area contributed by atoms with Gasteiger partial charge in [-0.05, 0) is 17.7 Å². The average molecular weight is 232 g/mol. The van der Waals surface area contributed by atoms with Crippen molar-refractivity contribution in [2.45, 2.75) is 12.5 Å². The molecule has 0 aliphatic carbocycles. The first kappa shape index (κ1) is 11.5. The van der Waals surface area contributed by atoms with E-state index in [4.69, 9.17) is 5.73 Å². The van der Waals surface area contributed by atoms with Crippen molar-refractivity contribution in [3.8, 4) is 0 Å². The largest absolute Gasteiger partial charge is 0.388 e. The van der Waals surface area contributed by atoms with Crippen LogP contribution in [0.1, 0.15) is 17.2 Å². The summed E-state index contributed by atoms with van der Waals surface area (Å²) in [5.74, 6) is -0.0506. The molecule has 1 unspecified atom stereocenters. The van der Waals surface area contributed by atoms with Gasteiger partial charge >= 0.3 is 0 Å². The highest BCUT2D eigenvalue weighted by atomic mass is 19.1. The van der Waals surface area contributed by atoms with Gasteiger partial charge in [0.25, 0.3) is 0 Å². The molecule has 17 heavy (non-hydrogen) atoms. The van der Waals surface area contributed by atoms with Crippen molar-refractivity contribution in [1.82, 2.24) is 4.98 Å². The minimum atomic E-state index is -0.914. The normalized spacial score (nSPS) is 12.4. The molecule has 1 heterocycles. The van der Waals surface area contributed by atoms with Gasteiger partial charge in [0.15, 0.2) is 0 Å². The topological polar surface area (TPSA) is 59.1 Å². The third kappa shape index (κ3) is 2.60. The lowest BCUT2D eigenvalue weighted by Gasteiger charge is -2.12. The number of nitrogen functional groups attached to an aromatic ring is 1. The van der Waals surface area contributed by atoms with Crippen molar-refractivity contribution in [3.63, 3.8) is 0 Å². The molecule has 0 bridgehead atoms. The first-order valence-corrected chi connectivity index (χ1v) is 5.30. The molecule has 0 aliphatic heterocycles. The minimum absolute atomic E-state index is 0.251. The predicted molar refractivity (Wildman–Crippen MR) is 63.7 cm³/mol. The van der Waals surface area contributed by atoms with Crippen molar-refractivity contribution in [3.05, 3.63) is 59.5 Å². The maximum Gasteiger partial charge on any atom is 0.129 e. The lowest BCUT2D eigenvalue weighted by atomic mass is 10.0. The highest BCUT2D eigenvalue weighted by Crippen LogP contribution is 2.22. The molecule has 0 saturated carbocycles. The molecule has 0 spiro atoms. The number of nitrogens with two attached hydrogens (primary N) is 1. The van der Waals surface area contributed by atoms with Crippen LogP contribution in [0.2, 0.25) is 0 Å². The predicted octanol–water partition coefficient (Wildman–Crippen LogP) is 2.08. The molecule has 1 aromatic heterocycles. The van der Waals surface area contributed by atoms with Gasteiger partial charge in [0.05, 0.1) is 6.10 Å². The second-order valence-electron chi connectivity index (χ2n) is 3.79. The Morgan fingerprint density at radius 1 is 1.24 bits per heavy atom. The maximum atomic E-state index is 13.4. The first-order valence-electron chi connectivity index (χ1n) is 5.30. The Hall–Kier alpha value is -1.94. The highest BCUT2D eigenvalue weighted by molar-refractivity contribution is 5.39. The molecule has 0 radical (unpaired) electrons. The van der Waals surface area contributed by atoms with Crippen molar-refractivity contribution in [2.24, 2.45) is 0 Å².